The number of carbonyl (C=O) groups is 1. The van der Waals surface area contributed by atoms with E-state index in [2.05, 4.69) is 21.6 Å². The number of aromatic nitrogens is 1. The zero-order valence-electron chi connectivity index (χ0n) is 16.2. The minimum Gasteiger partial charge on any atom is -0.481 e. The Hall–Kier alpha value is -3.11. The third kappa shape index (κ3) is 4.49. The van der Waals surface area contributed by atoms with Crippen LogP contribution in [0.25, 0.3) is 6.08 Å². The van der Waals surface area contributed by atoms with E-state index in [-0.39, 0.29) is 5.91 Å². The lowest BCUT2D eigenvalue weighted by molar-refractivity contribution is 0.0963. The summed E-state index contributed by atoms with van der Waals surface area (Å²) in [4.78, 5) is 19.0. The number of benzene rings is 1. The summed E-state index contributed by atoms with van der Waals surface area (Å²) in [5.74, 6) is 0.639. The smallest absolute Gasteiger partial charge is 0.296 e. The van der Waals surface area contributed by atoms with Gasteiger partial charge in [-0.3, -0.25) is 9.52 Å². The van der Waals surface area contributed by atoms with Crippen molar-refractivity contribution in [3.63, 3.8) is 0 Å². The van der Waals surface area contributed by atoms with Crippen LogP contribution in [-0.2, 0) is 23.2 Å². The third-order valence-electron chi connectivity index (χ3n) is 4.67. The van der Waals surface area contributed by atoms with E-state index in [4.69, 9.17) is 9.88 Å². The molecular formula is C19H23N5O4S. The van der Waals surface area contributed by atoms with E-state index in [1.807, 2.05) is 11.0 Å². The van der Waals surface area contributed by atoms with Gasteiger partial charge in [0.25, 0.3) is 16.1 Å². The van der Waals surface area contributed by atoms with Crippen LogP contribution in [0.5, 0.6) is 5.88 Å². The zero-order valence-corrected chi connectivity index (χ0v) is 17.0. The maximum absolute atomic E-state index is 12.5. The van der Waals surface area contributed by atoms with Crippen LogP contribution < -0.4 is 24.8 Å². The van der Waals surface area contributed by atoms with Crippen molar-refractivity contribution in [2.24, 2.45) is 5.14 Å². The van der Waals surface area contributed by atoms with Gasteiger partial charge in [0.15, 0.2) is 0 Å². The maximum atomic E-state index is 12.5. The lowest BCUT2D eigenvalue weighted by Gasteiger charge is -2.32. The van der Waals surface area contributed by atoms with Crippen LogP contribution in [-0.4, -0.2) is 40.0 Å². The molecule has 0 atom stereocenters. The molecule has 154 valence electrons. The number of rotatable bonds is 6. The van der Waals surface area contributed by atoms with E-state index >= 15 is 0 Å². The highest BCUT2D eigenvalue weighted by atomic mass is 32.2. The minimum absolute atomic E-state index is 0.261. The summed E-state index contributed by atoms with van der Waals surface area (Å²) in [6.45, 7) is 4.89. The van der Waals surface area contributed by atoms with Crippen LogP contribution in [0, 0.1) is 0 Å². The van der Waals surface area contributed by atoms with Gasteiger partial charge in [0, 0.05) is 26.2 Å². The summed E-state index contributed by atoms with van der Waals surface area (Å²) in [6.07, 6.45) is 2.24. The van der Waals surface area contributed by atoms with Gasteiger partial charge >= 0.3 is 0 Å². The lowest BCUT2D eigenvalue weighted by atomic mass is 9.98. The zero-order chi connectivity index (χ0) is 21.2. The number of hydrogen-bond donors (Lipinski definition) is 3. The molecule has 1 aliphatic rings. The second-order valence-corrected chi connectivity index (χ2v) is 7.83. The molecule has 1 aromatic heterocycles. The highest BCUT2D eigenvalue weighted by molar-refractivity contribution is 7.90. The molecule has 0 saturated carbocycles. The molecule has 1 amide bonds. The number of methoxy groups -OCH3 is 1. The Kier molecular flexibility index (Phi) is 5.76. The summed E-state index contributed by atoms with van der Waals surface area (Å²) in [7, 11) is -0.747. The first-order valence-corrected chi connectivity index (χ1v) is 10.4. The Morgan fingerprint density at radius 1 is 1.34 bits per heavy atom. The average molecular weight is 417 g/mol. The van der Waals surface area contributed by atoms with Gasteiger partial charge in [0.05, 0.1) is 18.4 Å². The van der Waals surface area contributed by atoms with Gasteiger partial charge in [-0.2, -0.15) is 13.4 Å². The molecule has 2 heterocycles. The Morgan fingerprint density at radius 3 is 2.72 bits per heavy atom. The van der Waals surface area contributed by atoms with Crippen LogP contribution in [0.4, 0.5) is 11.5 Å². The van der Waals surface area contributed by atoms with Gasteiger partial charge in [0.1, 0.15) is 5.82 Å². The van der Waals surface area contributed by atoms with E-state index in [0.29, 0.717) is 48.0 Å². The van der Waals surface area contributed by atoms with Crippen LogP contribution in [0.15, 0.2) is 30.8 Å². The van der Waals surface area contributed by atoms with Gasteiger partial charge in [-0.1, -0.05) is 18.7 Å². The molecule has 0 fully saturated rings. The highest BCUT2D eigenvalue weighted by Crippen LogP contribution is 2.31. The molecule has 1 aromatic carbocycles. The summed E-state index contributed by atoms with van der Waals surface area (Å²) in [5.41, 5.74) is 3.48. The fourth-order valence-electron chi connectivity index (χ4n) is 3.34. The molecule has 0 radical (unpaired) electrons. The molecule has 4 N–H and O–H groups in total. The van der Waals surface area contributed by atoms with Gasteiger partial charge in [-0.15, -0.1) is 0 Å². The minimum atomic E-state index is -3.83. The Bertz CT molecular complexity index is 1070. The van der Waals surface area contributed by atoms with Gasteiger partial charge in [-0.05, 0) is 35.2 Å². The van der Waals surface area contributed by atoms with Crippen molar-refractivity contribution in [3.8, 4) is 5.88 Å². The number of nitrogens with zero attached hydrogens (tertiary/aromatic N) is 2. The van der Waals surface area contributed by atoms with Crippen molar-refractivity contribution in [3.05, 3.63) is 53.1 Å². The van der Waals surface area contributed by atoms with Crippen molar-refractivity contribution >= 4 is 33.7 Å². The van der Waals surface area contributed by atoms with Gasteiger partial charge in [0.2, 0.25) is 5.88 Å². The molecule has 0 bridgehead atoms. The van der Waals surface area contributed by atoms with E-state index in [1.54, 1.807) is 31.3 Å². The SMILES string of the molecule is C=Cc1cc(OC)nc(N2CCc3cc(NS(N)(=O)=O)ccc3C2)c1C(=O)NC. The summed E-state index contributed by atoms with van der Waals surface area (Å²) in [5, 5.41) is 7.69. The monoisotopic (exact) mass is 417 g/mol. The van der Waals surface area contributed by atoms with E-state index in [0.717, 1.165) is 11.1 Å². The molecule has 0 spiro atoms. The molecule has 10 heteroatoms. The standard InChI is InChI=1S/C19H23N5O4S/c1-4-12-10-16(28-3)22-18(17(12)19(25)21-2)24-8-7-13-9-15(23-29(20,26)27)6-5-14(13)11-24/h4-6,9-10,23H,1,7-8,11H2,2-3H3,(H,21,25)(H2,20,26,27). The Morgan fingerprint density at radius 2 is 2.10 bits per heavy atom. The summed E-state index contributed by atoms with van der Waals surface area (Å²) < 4.78 is 30.1. The molecule has 3 rings (SSSR count). The number of nitrogens with one attached hydrogen (secondary N) is 2. The van der Waals surface area contributed by atoms with Crippen LogP contribution in [0.2, 0.25) is 0 Å². The number of fused-ring (bicyclic) bond motifs is 1. The quantitative estimate of drug-likeness (QED) is 0.650. The van der Waals surface area contributed by atoms with E-state index in [9.17, 15) is 13.2 Å². The second kappa shape index (κ2) is 8.10. The van der Waals surface area contributed by atoms with Crippen LogP contribution >= 0.6 is 0 Å². The van der Waals surface area contributed by atoms with Crippen molar-refractivity contribution in [2.45, 2.75) is 13.0 Å². The average Bonchev–Trinajstić information content (AvgIpc) is 2.70. The molecule has 29 heavy (non-hydrogen) atoms. The largest absolute Gasteiger partial charge is 0.481 e. The molecular weight excluding hydrogens is 394 g/mol. The van der Waals surface area contributed by atoms with Crippen molar-refractivity contribution in [2.75, 3.05) is 30.3 Å². The van der Waals surface area contributed by atoms with E-state index in [1.165, 1.54) is 7.11 Å². The van der Waals surface area contributed by atoms with Gasteiger partial charge in [-0.25, -0.2) is 5.14 Å². The molecule has 2 aromatic rings. The summed E-state index contributed by atoms with van der Waals surface area (Å²) >= 11 is 0. The van der Waals surface area contributed by atoms with Crippen molar-refractivity contribution in [1.29, 1.82) is 0 Å². The maximum Gasteiger partial charge on any atom is 0.296 e. The number of ether oxygens (including phenoxy) is 1. The molecule has 0 unspecified atom stereocenters. The first kappa shape index (κ1) is 20.6. The summed E-state index contributed by atoms with van der Waals surface area (Å²) in [6, 6.07) is 6.93. The third-order valence-corrected chi connectivity index (χ3v) is 5.19. The Labute approximate surface area is 169 Å². The molecule has 0 aliphatic carbocycles. The van der Waals surface area contributed by atoms with E-state index < -0.39 is 10.2 Å². The number of carbonyl (C=O) groups excluding carboxylic acids is 1. The van der Waals surface area contributed by atoms with Gasteiger partial charge < -0.3 is 15.0 Å². The van der Waals surface area contributed by atoms with Crippen molar-refractivity contribution < 1.29 is 17.9 Å². The van der Waals surface area contributed by atoms with Crippen LogP contribution in [0.3, 0.4) is 0 Å². The fraction of sp³-hybridized carbons (Fsp3) is 0.263. The topological polar surface area (TPSA) is 127 Å². The number of hydrogen-bond acceptors (Lipinski definition) is 6. The number of amides is 1. The first-order chi connectivity index (χ1) is 13.8. The normalized spacial score (nSPS) is 13.4. The first-order valence-electron chi connectivity index (χ1n) is 8.86. The predicted octanol–water partition coefficient (Wildman–Crippen LogP) is 1.27. The fourth-order valence-corrected chi connectivity index (χ4v) is 3.80. The number of pyridine rings is 1. The molecule has 9 nitrogen and oxygen atoms in total. The molecule has 1 aliphatic heterocycles. The number of nitrogens with two attached hydrogens (primary N) is 1. The lowest BCUT2D eigenvalue weighted by Crippen LogP contribution is -2.34. The number of anilines is 2. The van der Waals surface area contributed by atoms with Crippen molar-refractivity contribution in [1.82, 2.24) is 10.3 Å². The highest BCUT2D eigenvalue weighted by Gasteiger charge is 2.25. The second-order valence-electron chi connectivity index (χ2n) is 6.54. The van der Waals surface area contributed by atoms with Crippen LogP contribution in [0.1, 0.15) is 27.0 Å². The molecule has 0 saturated heterocycles. The predicted molar refractivity (Wildman–Crippen MR) is 112 cm³/mol. The Balaban J connectivity index is 1.99.